The molecule has 1 saturated carbocycles. The zero-order valence-electron chi connectivity index (χ0n) is 11.4. The molecule has 1 aromatic carbocycles. The van der Waals surface area contributed by atoms with Crippen molar-refractivity contribution in [2.45, 2.75) is 37.6 Å². The van der Waals surface area contributed by atoms with Crippen molar-refractivity contribution in [3.8, 4) is 0 Å². The summed E-state index contributed by atoms with van der Waals surface area (Å²) < 4.78 is 0. The van der Waals surface area contributed by atoms with Gasteiger partial charge in [-0.25, -0.2) is 4.79 Å². The molecule has 1 aliphatic carbocycles. The molecule has 1 amide bonds. The Morgan fingerprint density at radius 3 is 2.29 bits per heavy atom. The molecule has 2 N–H and O–H groups in total. The van der Waals surface area contributed by atoms with Crippen LogP contribution in [0.4, 0.5) is 5.69 Å². The summed E-state index contributed by atoms with van der Waals surface area (Å²) in [6.07, 6.45) is 2.45. The number of carboxylic acids is 1. The van der Waals surface area contributed by atoms with Crippen molar-refractivity contribution in [2.24, 2.45) is 0 Å². The lowest BCUT2D eigenvalue weighted by atomic mass is 9.97. The van der Waals surface area contributed by atoms with Crippen LogP contribution >= 0.6 is 0 Å². The summed E-state index contributed by atoms with van der Waals surface area (Å²) in [4.78, 5) is 33.4. The first-order chi connectivity index (χ1) is 9.93. The topological polar surface area (TPSA) is 110 Å². The lowest BCUT2D eigenvalue weighted by Gasteiger charge is -2.25. The van der Waals surface area contributed by atoms with E-state index in [4.69, 9.17) is 0 Å². The number of carbonyl (C=O) groups is 2. The quantitative estimate of drug-likeness (QED) is 0.633. The molecule has 0 bridgehead atoms. The van der Waals surface area contributed by atoms with Gasteiger partial charge in [-0.3, -0.25) is 14.9 Å². The number of benzene rings is 1. The number of nitro benzene ring substituents is 1. The van der Waals surface area contributed by atoms with Crippen LogP contribution < -0.4 is 5.32 Å². The van der Waals surface area contributed by atoms with Crippen LogP contribution in [-0.2, 0) is 16.0 Å². The van der Waals surface area contributed by atoms with E-state index in [1.54, 1.807) is 0 Å². The molecule has 0 saturated heterocycles. The van der Waals surface area contributed by atoms with E-state index in [0.29, 0.717) is 18.4 Å². The van der Waals surface area contributed by atoms with Gasteiger partial charge in [0.1, 0.15) is 5.54 Å². The largest absolute Gasteiger partial charge is 0.480 e. The molecule has 21 heavy (non-hydrogen) atoms. The van der Waals surface area contributed by atoms with Crippen molar-refractivity contribution in [1.82, 2.24) is 5.32 Å². The van der Waals surface area contributed by atoms with Crippen molar-refractivity contribution >= 4 is 17.6 Å². The van der Waals surface area contributed by atoms with Gasteiger partial charge in [0.2, 0.25) is 5.91 Å². The van der Waals surface area contributed by atoms with Gasteiger partial charge in [0.25, 0.3) is 5.69 Å². The first-order valence-corrected chi connectivity index (χ1v) is 6.71. The van der Waals surface area contributed by atoms with Crippen LogP contribution in [0.3, 0.4) is 0 Å². The summed E-state index contributed by atoms with van der Waals surface area (Å²) >= 11 is 0. The molecule has 1 aliphatic rings. The van der Waals surface area contributed by atoms with Crippen LogP contribution in [0.5, 0.6) is 0 Å². The SMILES string of the molecule is O=C(Cc1ccc([N+](=O)[O-])cc1)NC1(C(=O)O)CCCC1. The van der Waals surface area contributed by atoms with Crippen LogP contribution in [0.2, 0.25) is 0 Å². The van der Waals surface area contributed by atoms with Gasteiger partial charge in [-0.1, -0.05) is 25.0 Å². The molecule has 7 nitrogen and oxygen atoms in total. The molecule has 0 heterocycles. The number of nitrogens with one attached hydrogen (secondary N) is 1. The maximum atomic E-state index is 12.0. The molecule has 0 unspecified atom stereocenters. The number of nitrogens with zero attached hydrogens (tertiary/aromatic N) is 1. The summed E-state index contributed by atoms with van der Waals surface area (Å²) in [6, 6.07) is 5.65. The minimum atomic E-state index is -1.15. The smallest absolute Gasteiger partial charge is 0.329 e. The Balaban J connectivity index is 2.01. The first kappa shape index (κ1) is 15.0. The average molecular weight is 292 g/mol. The fraction of sp³-hybridized carbons (Fsp3) is 0.429. The predicted octanol–water partition coefficient (Wildman–Crippen LogP) is 1.65. The van der Waals surface area contributed by atoms with Gasteiger partial charge in [0, 0.05) is 12.1 Å². The number of hydrogen-bond acceptors (Lipinski definition) is 4. The van der Waals surface area contributed by atoms with E-state index in [-0.39, 0.29) is 18.0 Å². The Bertz CT molecular complexity index is 561. The number of rotatable bonds is 5. The van der Waals surface area contributed by atoms with Crippen LogP contribution in [0.15, 0.2) is 24.3 Å². The van der Waals surface area contributed by atoms with E-state index in [1.807, 2.05) is 0 Å². The van der Waals surface area contributed by atoms with Crippen LogP contribution in [0.1, 0.15) is 31.2 Å². The van der Waals surface area contributed by atoms with Crippen LogP contribution in [0.25, 0.3) is 0 Å². The maximum Gasteiger partial charge on any atom is 0.329 e. The highest BCUT2D eigenvalue weighted by molar-refractivity contribution is 5.88. The molecule has 0 aliphatic heterocycles. The molecule has 0 aromatic heterocycles. The number of non-ortho nitro benzene ring substituents is 1. The van der Waals surface area contributed by atoms with E-state index >= 15 is 0 Å². The Labute approximate surface area is 121 Å². The van der Waals surface area contributed by atoms with Crippen molar-refractivity contribution in [1.29, 1.82) is 0 Å². The summed E-state index contributed by atoms with van der Waals surface area (Å²) in [5.74, 6) is -1.38. The second-order valence-corrected chi connectivity index (χ2v) is 5.24. The minimum absolute atomic E-state index is 0.00697. The highest BCUT2D eigenvalue weighted by Gasteiger charge is 2.42. The Morgan fingerprint density at radius 2 is 1.81 bits per heavy atom. The third-order valence-corrected chi connectivity index (χ3v) is 3.76. The Hall–Kier alpha value is -2.44. The zero-order chi connectivity index (χ0) is 15.5. The van der Waals surface area contributed by atoms with E-state index in [9.17, 15) is 24.8 Å². The van der Waals surface area contributed by atoms with Crippen LogP contribution in [-0.4, -0.2) is 27.4 Å². The number of amides is 1. The van der Waals surface area contributed by atoms with Gasteiger partial charge >= 0.3 is 5.97 Å². The second kappa shape index (κ2) is 5.90. The second-order valence-electron chi connectivity index (χ2n) is 5.24. The summed E-state index contributed by atoms with van der Waals surface area (Å²) in [6.45, 7) is 0. The summed E-state index contributed by atoms with van der Waals surface area (Å²) in [7, 11) is 0. The Morgan fingerprint density at radius 1 is 1.24 bits per heavy atom. The average Bonchev–Trinajstić information content (AvgIpc) is 2.89. The first-order valence-electron chi connectivity index (χ1n) is 6.71. The molecule has 7 heteroatoms. The van der Waals surface area contributed by atoms with Crippen molar-refractivity contribution in [3.63, 3.8) is 0 Å². The van der Waals surface area contributed by atoms with Crippen LogP contribution in [0, 0.1) is 10.1 Å². The summed E-state index contributed by atoms with van der Waals surface area (Å²) in [5, 5.41) is 22.4. The lowest BCUT2D eigenvalue weighted by molar-refractivity contribution is -0.384. The lowest BCUT2D eigenvalue weighted by Crippen LogP contribution is -2.52. The fourth-order valence-corrected chi connectivity index (χ4v) is 2.60. The highest BCUT2D eigenvalue weighted by atomic mass is 16.6. The van der Waals surface area contributed by atoms with Gasteiger partial charge < -0.3 is 10.4 Å². The molecule has 1 fully saturated rings. The van der Waals surface area contributed by atoms with Gasteiger partial charge in [0.15, 0.2) is 0 Å². The van der Waals surface area contributed by atoms with Crippen molar-refractivity contribution in [2.75, 3.05) is 0 Å². The van der Waals surface area contributed by atoms with E-state index in [1.165, 1.54) is 24.3 Å². The van der Waals surface area contributed by atoms with E-state index < -0.39 is 16.4 Å². The standard InChI is InChI=1S/C14H16N2O5/c17-12(15-14(13(18)19)7-1-2-8-14)9-10-3-5-11(6-4-10)16(20)21/h3-6H,1-2,7-9H2,(H,15,17)(H,18,19). The van der Waals surface area contributed by atoms with Gasteiger partial charge in [-0.15, -0.1) is 0 Å². The normalized spacial score (nSPS) is 16.4. The van der Waals surface area contributed by atoms with Gasteiger partial charge in [0.05, 0.1) is 11.3 Å². The molecule has 1 aromatic rings. The number of carboxylic acid groups (broad SMARTS) is 1. The molecular weight excluding hydrogens is 276 g/mol. The molecule has 112 valence electrons. The number of carbonyl (C=O) groups excluding carboxylic acids is 1. The van der Waals surface area contributed by atoms with E-state index in [0.717, 1.165) is 12.8 Å². The van der Waals surface area contributed by atoms with Crippen molar-refractivity contribution < 1.29 is 19.6 Å². The maximum absolute atomic E-state index is 12.0. The zero-order valence-corrected chi connectivity index (χ0v) is 11.4. The van der Waals surface area contributed by atoms with E-state index in [2.05, 4.69) is 5.32 Å². The minimum Gasteiger partial charge on any atom is -0.480 e. The number of nitro groups is 1. The Kier molecular flexibility index (Phi) is 4.21. The molecule has 0 radical (unpaired) electrons. The fourth-order valence-electron chi connectivity index (χ4n) is 2.60. The molecule has 2 rings (SSSR count). The third kappa shape index (κ3) is 3.36. The monoisotopic (exact) mass is 292 g/mol. The molecule has 0 atom stereocenters. The third-order valence-electron chi connectivity index (χ3n) is 3.76. The van der Waals surface area contributed by atoms with Crippen molar-refractivity contribution in [3.05, 3.63) is 39.9 Å². The predicted molar refractivity (Wildman–Crippen MR) is 73.8 cm³/mol. The highest BCUT2D eigenvalue weighted by Crippen LogP contribution is 2.30. The van der Waals surface area contributed by atoms with Gasteiger partial charge in [-0.05, 0) is 18.4 Å². The summed E-state index contributed by atoms with van der Waals surface area (Å²) in [5.41, 5.74) is -0.591. The molecular formula is C14H16N2O5. The van der Waals surface area contributed by atoms with Gasteiger partial charge in [-0.2, -0.15) is 0 Å². The number of aliphatic carboxylic acids is 1. The number of hydrogen-bond donors (Lipinski definition) is 2. The molecule has 0 spiro atoms.